The highest BCUT2D eigenvalue weighted by Gasteiger charge is 2.27. The fraction of sp³-hybridized carbons (Fsp3) is 0.688. The monoisotopic (exact) mass is 321 g/mol. The number of rotatable bonds is 5. The number of aryl methyl sites for hydroxylation is 2. The quantitative estimate of drug-likeness (QED) is 0.821. The topological polar surface area (TPSA) is 93.2 Å². The largest absolute Gasteiger partial charge is 0.369 e. The summed E-state index contributed by atoms with van der Waals surface area (Å²) in [5, 5.41) is 7.52. The molecule has 0 saturated carbocycles. The van der Waals surface area contributed by atoms with Gasteiger partial charge in [-0.15, -0.1) is 0 Å². The molecule has 128 valence electrons. The lowest BCUT2D eigenvalue weighted by atomic mass is 9.95. The van der Waals surface area contributed by atoms with Crippen LogP contribution in [0.4, 0.5) is 0 Å². The Labute approximate surface area is 137 Å². The van der Waals surface area contributed by atoms with Crippen LogP contribution >= 0.6 is 0 Å². The van der Waals surface area contributed by atoms with Crippen molar-refractivity contribution < 1.29 is 9.59 Å². The van der Waals surface area contributed by atoms with Crippen molar-refractivity contribution in [3.8, 4) is 0 Å². The smallest absolute Gasteiger partial charge is 0.231 e. The summed E-state index contributed by atoms with van der Waals surface area (Å²) in [5.74, 6) is -0.234. The summed E-state index contributed by atoms with van der Waals surface area (Å²) < 4.78 is 1.84. The highest BCUT2D eigenvalue weighted by Crippen LogP contribution is 2.23. The van der Waals surface area contributed by atoms with Gasteiger partial charge in [-0.05, 0) is 46.7 Å². The molecule has 0 unspecified atom stereocenters. The molecule has 1 fully saturated rings. The summed E-state index contributed by atoms with van der Waals surface area (Å²) in [6, 6.07) is -0.0557. The lowest BCUT2D eigenvalue weighted by Gasteiger charge is -2.31. The normalized spacial score (nSPS) is 17.9. The van der Waals surface area contributed by atoms with Crippen molar-refractivity contribution in [1.82, 2.24) is 20.0 Å². The van der Waals surface area contributed by atoms with Gasteiger partial charge in [0.05, 0.1) is 18.3 Å². The second kappa shape index (κ2) is 7.12. The number of likely N-dealkylation sites (tertiary alicyclic amines) is 1. The number of primary amides is 1. The van der Waals surface area contributed by atoms with Crippen molar-refractivity contribution in [3.05, 3.63) is 17.0 Å². The van der Waals surface area contributed by atoms with Crippen LogP contribution in [0.15, 0.2) is 0 Å². The number of carbonyl (C=O) groups is 2. The van der Waals surface area contributed by atoms with Gasteiger partial charge in [0, 0.05) is 24.2 Å². The molecule has 23 heavy (non-hydrogen) atoms. The molecule has 2 amide bonds. The van der Waals surface area contributed by atoms with E-state index in [1.54, 1.807) is 0 Å². The second-order valence-corrected chi connectivity index (χ2v) is 6.46. The first-order valence-electron chi connectivity index (χ1n) is 8.10. The molecular weight excluding hydrogens is 294 g/mol. The molecule has 0 aliphatic carbocycles. The van der Waals surface area contributed by atoms with Crippen LogP contribution in [0.5, 0.6) is 0 Å². The molecule has 0 aromatic carbocycles. The lowest BCUT2D eigenvalue weighted by Crippen LogP contribution is -2.43. The van der Waals surface area contributed by atoms with Crippen LogP contribution < -0.4 is 11.1 Å². The molecule has 1 aliphatic rings. The Morgan fingerprint density at radius 1 is 1.35 bits per heavy atom. The van der Waals surface area contributed by atoms with Crippen LogP contribution in [0.1, 0.15) is 42.8 Å². The van der Waals surface area contributed by atoms with Crippen molar-refractivity contribution >= 4 is 11.8 Å². The Balaban J connectivity index is 1.91. The highest BCUT2D eigenvalue weighted by atomic mass is 16.2. The molecule has 1 atom stereocenters. The van der Waals surface area contributed by atoms with Gasteiger partial charge in [0.15, 0.2) is 0 Å². The molecule has 7 nitrogen and oxygen atoms in total. The number of carbonyl (C=O) groups excluding carboxylic acids is 2. The minimum absolute atomic E-state index is 0.00106. The zero-order valence-electron chi connectivity index (χ0n) is 14.4. The van der Waals surface area contributed by atoms with E-state index in [2.05, 4.69) is 10.4 Å². The molecule has 0 bridgehead atoms. The number of nitrogens with zero attached hydrogens (tertiary/aromatic N) is 3. The third-order valence-corrected chi connectivity index (χ3v) is 4.69. The fourth-order valence-corrected chi connectivity index (χ4v) is 3.39. The van der Waals surface area contributed by atoms with Crippen molar-refractivity contribution in [1.29, 1.82) is 0 Å². The first-order valence-corrected chi connectivity index (χ1v) is 8.10. The Morgan fingerprint density at radius 3 is 2.43 bits per heavy atom. The van der Waals surface area contributed by atoms with Crippen LogP contribution in [0.3, 0.4) is 0 Å². The van der Waals surface area contributed by atoms with Gasteiger partial charge in [-0.3, -0.25) is 19.2 Å². The van der Waals surface area contributed by atoms with Crippen LogP contribution in [0.2, 0.25) is 0 Å². The van der Waals surface area contributed by atoms with Crippen LogP contribution in [0, 0.1) is 19.8 Å². The summed E-state index contributed by atoms with van der Waals surface area (Å²) in [7, 11) is 1.91. The molecule has 1 aromatic heterocycles. The summed E-state index contributed by atoms with van der Waals surface area (Å²) in [6.07, 6.45) is 1.52. The number of nitrogens with one attached hydrogen (secondary N) is 1. The standard InChI is InChI=1S/C16H27N5O2/c1-10(15-11(2)19-20(4)12(15)3)18-16(23)13-5-7-21(8-6-13)9-14(17)22/h10,13H,5-9H2,1-4H3,(H2,17,22)(H,18,23)/t10-/m0/s1. The van der Waals surface area contributed by atoms with Gasteiger partial charge in [0.1, 0.15) is 0 Å². The van der Waals surface area contributed by atoms with E-state index in [9.17, 15) is 9.59 Å². The summed E-state index contributed by atoms with van der Waals surface area (Å²) in [5.41, 5.74) is 8.33. The van der Waals surface area contributed by atoms with Gasteiger partial charge in [0.2, 0.25) is 11.8 Å². The minimum atomic E-state index is -0.316. The number of nitrogens with two attached hydrogens (primary N) is 1. The van der Waals surface area contributed by atoms with Crippen molar-refractivity contribution in [2.24, 2.45) is 18.7 Å². The Kier molecular flexibility index (Phi) is 5.41. The number of aromatic nitrogens is 2. The molecule has 1 aromatic rings. The summed E-state index contributed by atoms with van der Waals surface area (Å²) in [6.45, 7) is 7.73. The molecule has 0 spiro atoms. The van der Waals surface area contributed by atoms with E-state index in [0.29, 0.717) is 0 Å². The fourth-order valence-electron chi connectivity index (χ4n) is 3.39. The molecule has 2 rings (SSSR count). The molecule has 1 saturated heterocycles. The van der Waals surface area contributed by atoms with Gasteiger partial charge >= 0.3 is 0 Å². The zero-order valence-corrected chi connectivity index (χ0v) is 14.4. The number of hydrogen-bond donors (Lipinski definition) is 2. The van der Waals surface area contributed by atoms with Gasteiger partial charge in [0.25, 0.3) is 0 Å². The molecule has 0 radical (unpaired) electrons. The third kappa shape index (κ3) is 4.10. The predicted octanol–water partition coefficient (Wildman–Crippen LogP) is 0.411. The summed E-state index contributed by atoms with van der Waals surface area (Å²) >= 11 is 0. The van der Waals surface area contributed by atoms with Crippen molar-refractivity contribution in [2.75, 3.05) is 19.6 Å². The van der Waals surface area contributed by atoms with E-state index in [-0.39, 0.29) is 30.3 Å². The van der Waals surface area contributed by atoms with Gasteiger partial charge in [-0.1, -0.05) is 0 Å². The Morgan fingerprint density at radius 2 is 1.96 bits per heavy atom. The summed E-state index contributed by atoms with van der Waals surface area (Å²) in [4.78, 5) is 25.4. The molecule has 2 heterocycles. The Bertz CT molecular complexity index is 588. The number of amides is 2. The third-order valence-electron chi connectivity index (χ3n) is 4.69. The lowest BCUT2D eigenvalue weighted by molar-refractivity contribution is -0.127. The molecule has 3 N–H and O–H groups in total. The maximum Gasteiger partial charge on any atom is 0.231 e. The highest BCUT2D eigenvalue weighted by molar-refractivity contribution is 5.79. The van der Waals surface area contributed by atoms with Crippen LogP contribution in [-0.2, 0) is 16.6 Å². The molecule has 7 heteroatoms. The van der Waals surface area contributed by atoms with Gasteiger partial charge < -0.3 is 11.1 Å². The maximum atomic E-state index is 12.5. The minimum Gasteiger partial charge on any atom is -0.369 e. The predicted molar refractivity (Wildman–Crippen MR) is 87.6 cm³/mol. The number of piperidine rings is 1. The number of hydrogen-bond acceptors (Lipinski definition) is 4. The van der Waals surface area contributed by atoms with Gasteiger partial charge in [-0.25, -0.2) is 0 Å². The van der Waals surface area contributed by atoms with E-state index in [1.807, 2.05) is 37.4 Å². The van der Waals surface area contributed by atoms with E-state index in [4.69, 9.17) is 5.73 Å². The average molecular weight is 321 g/mol. The Hall–Kier alpha value is -1.89. The van der Waals surface area contributed by atoms with E-state index < -0.39 is 0 Å². The van der Waals surface area contributed by atoms with Crippen molar-refractivity contribution in [3.63, 3.8) is 0 Å². The van der Waals surface area contributed by atoms with Gasteiger partial charge in [-0.2, -0.15) is 5.10 Å². The zero-order chi connectivity index (χ0) is 17.1. The van der Waals surface area contributed by atoms with Crippen LogP contribution in [0.25, 0.3) is 0 Å². The maximum absolute atomic E-state index is 12.5. The first kappa shape index (κ1) is 17.5. The average Bonchev–Trinajstić information content (AvgIpc) is 2.72. The second-order valence-electron chi connectivity index (χ2n) is 6.46. The molecular formula is C16H27N5O2. The van der Waals surface area contributed by atoms with Crippen LogP contribution in [-0.4, -0.2) is 46.1 Å². The van der Waals surface area contributed by atoms with E-state index in [1.165, 1.54) is 0 Å². The van der Waals surface area contributed by atoms with E-state index >= 15 is 0 Å². The SMILES string of the molecule is Cc1nn(C)c(C)c1[C@H](C)NC(=O)C1CCN(CC(N)=O)CC1. The molecule has 1 aliphatic heterocycles. The first-order chi connectivity index (χ1) is 10.8. The van der Waals surface area contributed by atoms with E-state index in [0.717, 1.165) is 42.9 Å². The van der Waals surface area contributed by atoms with Crippen molar-refractivity contribution in [2.45, 2.75) is 39.7 Å².